The highest BCUT2D eigenvalue weighted by atomic mass is 19.1. The van der Waals surface area contributed by atoms with Crippen molar-refractivity contribution < 1.29 is 18.7 Å². The standard InChI is InChI=1S/C21H22FN5O3/c1-13-9-24-21(26-19(13)15-3-5-16(22)6-4-15)27-14(2)18(11-25-27)20(28)23-10-17-12-29-7-8-30-17/h3-6,9,11,17H,7-8,10,12H2,1-2H3,(H,23,28). The smallest absolute Gasteiger partial charge is 0.254 e. The van der Waals surface area contributed by atoms with Crippen LogP contribution < -0.4 is 5.32 Å². The Labute approximate surface area is 173 Å². The van der Waals surface area contributed by atoms with Crippen molar-refractivity contribution in [2.75, 3.05) is 26.4 Å². The van der Waals surface area contributed by atoms with Crippen LogP contribution in [0.1, 0.15) is 21.6 Å². The summed E-state index contributed by atoms with van der Waals surface area (Å²) in [6.45, 7) is 5.59. The molecule has 1 N–H and O–H groups in total. The van der Waals surface area contributed by atoms with Gasteiger partial charge in [0.1, 0.15) is 5.82 Å². The van der Waals surface area contributed by atoms with Crippen molar-refractivity contribution in [3.8, 4) is 17.2 Å². The van der Waals surface area contributed by atoms with E-state index in [1.807, 2.05) is 6.92 Å². The molecule has 1 aliphatic rings. The predicted molar refractivity (Wildman–Crippen MR) is 107 cm³/mol. The maximum Gasteiger partial charge on any atom is 0.254 e. The minimum absolute atomic E-state index is 0.156. The van der Waals surface area contributed by atoms with Gasteiger partial charge in [0, 0.05) is 18.3 Å². The van der Waals surface area contributed by atoms with E-state index in [0.29, 0.717) is 49.3 Å². The zero-order valence-electron chi connectivity index (χ0n) is 16.8. The third-order valence-electron chi connectivity index (χ3n) is 4.90. The first kappa shape index (κ1) is 20.1. The fraction of sp³-hybridized carbons (Fsp3) is 0.333. The summed E-state index contributed by atoms with van der Waals surface area (Å²) in [5, 5.41) is 7.15. The van der Waals surface area contributed by atoms with Gasteiger partial charge in [-0.3, -0.25) is 4.79 Å². The van der Waals surface area contributed by atoms with Crippen molar-refractivity contribution in [1.82, 2.24) is 25.1 Å². The van der Waals surface area contributed by atoms with Gasteiger partial charge in [-0.15, -0.1) is 0 Å². The predicted octanol–water partition coefficient (Wildman–Crippen LogP) is 2.23. The van der Waals surface area contributed by atoms with Crippen molar-refractivity contribution in [1.29, 1.82) is 0 Å². The first-order valence-corrected chi connectivity index (χ1v) is 9.65. The van der Waals surface area contributed by atoms with Crippen molar-refractivity contribution in [2.24, 2.45) is 0 Å². The first-order valence-electron chi connectivity index (χ1n) is 9.65. The molecule has 0 spiro atoms. The number of ether oxygens (including phenoxy) is 2. The second-order valence-corrected chi connectivity index (χ2v) is 7.04. The van der Waals surface area contributed by atoms with Gasteiger partial charge in [-0.05, 0) is 43.7 Å². The molecule has 1 fully saturated rings. The van der Waals surface area contributed by atoms with Gasteiger partial charge in [-0.1, -0.05) is 0 Å². The third kappa shape index (κ3) is 4.22. The van der Waals surface area contributed by atoms with E-state index < -0.39 is 0 Å². The number of halogens is 1. The molecule has 3 heterocycles. The van der Waals surface area contributed by atoms with Crippen LogP contribution in [0, 0.1) is 19.7 Å². The molecule has 156 valence electrons. The summed E-state index contributed by atoms with van der Waals surface area (Å²) >= 11 is 0. The Morgan fingerprint density at radius 1 is 1.23 bits per heavy atom. The minimum atomic E-state index is -0.311. The second kappa shape index (κ2) is 8.68. The van der Waals surface area contributed by atoms with Gasteiger partial charge < -0.3 is 14.8 Å². The molecule has 2 aromatic heterocycles. The van der Waals surface area contributed by atoms with E-state index in [0.717, 1.165) is 11.1 Å². The van der Waals surface area contributed by atoms with Crippen LogP contribution in [0.5, 0.6) is 0 Å². The van der Waals surface area contributed by atoms with Crippen LogP contribution in [0.25, 0.3) is 17.2 Å². The monoisotopic (exact) mass is 411 g/mol. The Hall–Kier alpha value is -3.17. The minimum Gasteiger partial charge on any atom is -0.376 e. The van der Waals surface area contributed by atoms with Crippen LogP contribution in [0.15, 0.2) is 36.7 Å². The molecule has 0 bridgehead atoms. The zero-order valence-corrected chi connectivity index (χ0v) is 16.8. The van der Waals surface area contributed by atoms with Gasteiger partial charge in [0.25, 0.3) is 11.9 Å². The number of amides is 1. The molecular weight excluding hydrogens is 389 g/mol. The van der Waals surface area contributed by atoms with E-state index in [4.69, 9.17) is 9.47 Å². The van der Waals surface area contributed by atoms with Crippen molar-refractivity contribution in [3.05, 3.63) is 59.3 Å². The number of rotatable bonds is 5. The molecule has 1 aromatic carbocycles. The summed E-state index contributed by atoms with van der Waals surface area (Å²) in [6, 6.07) is 6.11. The van der Waals surface area contributed by atoms with Gasteiger partial charge in [0.05, 0.1) is 49.1 Å². The van der Waals surface area contributed by atoms with E-state index in [-0.39, 0.29) is 17.8 Å². The summed E-state index contributed by atoms with van der Waals surface area (Å²) in [5.41, 5.74) is 3.34. The molecule has 0 radical (unpaired) electrons. The number of aromatic nitrogens is 4. The number of nitrogens with zero attached hydrogens (tertiary/aromatic N) is 4. The molecule has 0 aliphatic carbocycles. The maximum absolute atomic E-state index is 13.3. The van der Waals surface area contributed by atoms with E-state index >= 15 is 0 Å². The molecule has 3 aromatic rings. The molecule has 1 saturated heterocycles. The number of hydrogen-bond donors (Lipinski definition) is 1. The SMILES string of the molecule is Cc1cnc(-n2ncc(C(=O)NCC3COCCO3)c2C)nc1-c1ccc(F)cc1. The Morgan fingerprint density at radius 2 is 2.03 bits per heavy atom. The van der Waals surface area contributed by atoms with Gasteiger partial charge in [0.15, 0.2) is 0 Å². The van der Waals surface area contributed by atoms with Crippen LogP contribution in [0.3, 0.4) is 0 Å². The molecule has 1 amide bonds. The molecule has 9 heteroatoms. The number of carbonyl (C=O) groups is 1. The van der Waals surface area contributed by atoms with Crippen LogP contribution in [0.4, 0.5) is 4.39 Å². The average Bonchev–Trinajstić information content (AvgIpc) is 3.15. The van der Waals surface area contributed by atoms with Crippen molar-refractivity contribution in [3.63, 3.8) is 0 Å². The van der Waals surface area contributed by atoms with Crippen LogP contribution >= 0.6 is 0 Å². The average molecular weight is 411 g/mol. The lowest BCUT2D eigenvalue weighted by molar-refractivity contribution is -0.0855. The molecule has 4 rings (SSSR count). The molecule has 8 nitrogen and oxygen atoms in total. The van der Waals surface area contributed by atoms with E-state index in [9.17, 15) is 9.18 Å². The first-order chi connectivity index (χ1) is 14.5. The normalized spacial score (nSPS) is 16.4. The fourth-order valence-corrected chi connectivity index (χ4v) is 3.23. The maximum atomic E-state index is 13.3. The molecule has 1 aliphatic heterocycles. The molecule has 30 heavy (non-hydrogen) atoms. The van der Waals surface area contributed by atoms with E-state index in [1.54, 1.807) is 25.3 Å². The largest absolute Gasteiger partial charge is 0.376 e. The summed E-state index contributed by atoms with van der Waals surface area (Å²) in [6.07, 6.45) is 3.02. The Balaban J connectivity index is 1.55. The van der Waals surface area contributed by atoms with Gasteiger partial charge in [0.2, 0.25) is 0 Å². The summed E-state index contributed by atoms with van der Waals surface area (Å²) in [4.78, 5) is 21.5. The third-order valence-corrected chi connectivity index (χ3v) is 4.90. The van der Waals surface area contributed by atoms with Gasteiger partial charge >= 0.3 is 0 Å². The van der Waals surface area contributed by atoms with E-state index in [2.05, 4.69) is 20.4 Å². The molecular formula is C21H22FN5O3. The highest BCUT2D eigenvalue weighted by molar-refractivity contribution is 5.95. The Morgan fingerprint density at radius 3 is 2.77 bits per heavy atom. The summed E-state index contributed by atoms with van der Waals surface area (Å²) in [5.74, 6) is -0.228. The quantitative estimate of drug-likeness (QED) is 0.692. The lowest BCUT2D eigenvalue weighted by Gasteiger charge is -2.23. The second-order valence-electron chi connectivity index (χ2n) is 7.04. The van der Waals surface area contributed by atoms with Crippen molar-refractivity contribution >= 4 is 5.91 Å². The number of hydrogen-bond acceptors (Lipinski definition) is 6. The van der Waals surface area contributed by atoms with E-state index in [1.165, 1.54) is 23.0 Å². The lowest BCUT2D eigenvalue weighted by atomic mass is 10.1. The highest BCUT2D eigenvalue weighted by Gasteiger charge is 2.20. The van der Waals surface area contributed by atoms with Crippen LogP contribution in [-0.2, 0) is 9.47 Å². The summed E-state index contributed by atoms with van der Waals surface area (Å²) < 4.78 is 25.7. The Kier molecular flexibility index (Phi) is 5.82. The lowest BCUT2D eigenvalue weighted by Crippen LogP contribution is -2.39. The van der Waals surface area contributed by atoms with Crippen LogP contribution in [-0.4, -0.2) is 58.1 Å². The van der Waals surface area contributed by atoms with Crippen LogP contribution in [0.2, 0.25) is 0 Å². The molecule has 1 unspecified atom stereocenters. The highest BCUT2D eigenvalue weighted by Crippen LogP contribution is 2.22. The molecule has 1 atom stereocenters. The van der Waals surface area contributed by atoms with Gasteiger partial charge in [-0.2, -0.15) is 5.10 Å². The van der Waals surface area contributed by atoms with Crippen molar-refractivity contribution in [2.45, 2.75) is 20.0 Å². The fourth-order valence-electron chi connectivity index (χ4n) is 3.23. The zero-order chi connectivity index (χ0) is 21.1. The number of aryl methyl sites for hydroxylation is 1. The topological polar surface area (TPSA) is 91.2 Å². The number of carbonyl (C=O) groups excluding carboxylic acids is 1. The number of benzene rings is 1. The van der Waals surface area contributed by atoms with Gasteiger partial charge in [-0.25, -0.2) is 19.0 Å². The number of nitrogens with one attached hydrogen (secondary N) is 1. The Bertz CT molecular complexity index is 1050. The summed E-state index contributed by atoms with van der Waals surface area (Å²) in [7, 11) is 0. The molecule has 0 saturated carbocycles.